The second-order valence-corrected chi connectivity index (χ2v) is 4.25. The number of carbonyl (C=O) groups excluding carboxylic acids is 1. The number of methoxy groups -OCH3 is 2. The van der Waals surface area contributed by atoms with Crippen molar-refractivity contribution < 1.29 is 14.3 Å². The molecular weight excluding hydrogens is 244 g/mol. The Morgan fingerprint density at radius 2 is 2.11 bits per heavy atom. The first-order valence-electron chi connectivity index (χ1n) is 6.27. The Labute approximate surface area is 114 Å². The third kappa shape index (κ3) is 5.72. The smallest absolute Gasteiger partial charge is 0.234 e. The van der Waals surface area contributed by atoms with E-state index in [1.807, 2.05) is 25.1 Å². The van der Waals surface area contributed by atoms with Gasteiger partial charge in [-0.15, -0.1) is 0 Å². The molecule has 0 aliphatic rings. The molecule has 0 saturated carbocycles. The molecule has 0 radical (unpaired) electrons. The van der Waals surface area contributed by atoms with E-state index in [1.165, 1.54) is 0 Å². The molecular formula is C14H22N2O3. The molecule has 0 unspecified atom stereocenters. The summed E-state index contributed by atoms with van der Waals surface area (Å²) in [6.07, 6.45) is 0. The van der Waals surface area contributed by atoms with E-state index in [-0.39, 0.29) is 5.91 Å². The van der Waals surface area contributed by atoms with Crippen LogP contribution in [0, 0.1) is 6.92 Å². The van der Waals surface area contributed by atoms with Gasteiger partial charge in [-0.1, -0.05) is 12.1 Å². The van der Waals surface area contributed by atoms with Crippen molar-refractivity contribution in [2.75, 3.05) is 33.9 Å². The maximum Gasteiger partial charge on any atom is 0.234 e. The van der Waals surface area contributed by atoms with Gasteiger partial charge in [-0.2, -0.15) is 0 Å². The minimum Gasteiger partial charge on any atom is -0.496 e. The number of hydrogen-bond acceptors (Lipinski definition) is 4. The molecule has 5 nitrogen and oxygen atoms in total. The lowest BCUT2D eigenvalue weighted by molar-refractivity contribution is -0.120. The maximum absolute atomic E-state index is 11.6. The molecule has 0 aliphatic carbocycles. The van der Waals surface area contributed by atoms with E-state index in [9.17, 15) is 4.79 Å². The standard InChI is InChI=1S/C14H22N2O3/c1-11-4-5-12(8-13(11)19-3)9-16-14(17)10-15-6-7-18-2/h4-5,8,15H,6-7,9-10H2,1-3H3,(H,16,17). The Morgan fingerprint density at radius 3 is 2.79 bits per heavy atom. The first kappa shape index (κ1) is 15.5. The molecule has 2 N–H and O–H groups in total. The molecule has 0 spiro atoms. The second-order valence-electron chi connectivity index (χ2n) is 4.25. The fourth-order valence-corrected chi connectivity index (χ4v) is 1.61. The molecule has 106 valence electrons. The van der Waals surface area contributed by atoms with Gasteiger partial charge in [0.15, 0.2) is 0 Å². The molecule has 1 amide bonds. The van der Waals surface area contributed by atoms with E-state index in [1.54, 1.807) is 14.2 Å². The van der Waals surface area contributed by atoms with E-state index in [0.717, 1.165) is 16.9 Å². The largest absolute Gasteiger partial charge is 0.496 e. The Kier molecular flexibility index (Phi) is 6.92. The third-order valence-corrected chi connectivity index (χ3v) is 2.73. The van der Waals surface area contributed by atoms with Gasteiger partial charge < -0.3 is 20.1 Å². The Balaban J connectivity index is 2.33. The maximum atomic E-state index is 11.6. The zero-order chi connectivity index (χ0) is 14.1. The van der Waals surface area contributed by atoms with Crippen molar-refractivity contribution in [1.29, 1.82) is 0 Å². The number of nitrogens with one attached hydrogen (secondary N) is 2. The highest BCUT2D eigenvalue weighted by Gasteiger charge is 2.03. The van der Waals surface area contributed by atoms with Gasteiger partial charge in [0.1, 0.15) is 5.75 Å². The first-order valence-corrected chi connectivity index (χ1v) is 6.27. The van der Waals surface area contributed by atoms with Gasteiger partial charge in [0.05, 0.1) is 20.3 Å². The van der Waals surface area contributed by atoms with Crippen molar-refractivity contribution in [1.82, 2.24) is 10.6 Å². The predicted molar refractivity (Wildman–Crippen MR) is 74.3 cm³/mol. The summed E-state index contributed by atoms with van der Waals surface area (Å²) in [5, 5.41) is 5.84. The van der Waals surface area contributed by atoms with Crippen molar-refractivity contribution in [3.63, 3.8) is 0 Å². The molecule has 1 aromatic carbocycles. The highest BCUT2D eigenvalue weighted by atomic mass is 16.5. The van der Waals surface area contributed by atoms with Crippen LogP contribution >= 0.6 is 0 Å². The first-order chi connectivity index (χ1) is 9.17. The Hall–Kier alpha value is -1.59. The SMILES string of the molecule is COCCNCC(=O)NCc1ccc(C)c(OC)c1. The van der Waals surface area contributed by atoms with Crippen LogP contribution in [-0.4, -0.2) is 39.8 Å². The number of hydrogen-bond donors (Lipinski definition) is 2. The molecule has 0 bridgehead atoms. The van der Waals surface area contributed by atoms with Crippen LogP contribution in [0.25, 0.3) is 0 Å². The number of benzene rings is 1. The normalized spacial score (nSPS) is 10.3. The summed E-state index contributed by atoms with van der Waals surface area (Å²) < 4.78 is 10.1. The van der Waals surface area contributed by atoms with Crippen LogP contribution in [0.15, 0.2) is 18.2 Å². The van der Waals surface area contributed by atoms with E-state index >= 15 is 0 Å². The third-order valence-electron chi connectivity index (χ3n) is 2.73. The highest BCUT2D eigenvalue weighted by Crippen LogP contribution is 2.18. The van der Waals surface area contributed by atoms with Crippen molar-refractivity contribution in [2.45, 2.75) is 13.5 Å². The van der Waals surface area contributed by atoms with Crippen LogP contribution in [0.5, 0.6) is 5.75 Å². The van der Waals surface area contributed by atoms with E-state index < -0.39 is 0 Å². The highest BCUT2D eigenvalue weighted by molar-refractivity contribution is 5.77. The summed E-state index contributed by atoms with van der Waals surface area (Å²) in [6, 6.07) is 5.90. The zero-order valence-electron chi connectivity index (χ0n) is 11.8. The average Bonchev–Trinajstić information content (AvgIpc) is 2.42. The summed E-state index contributed by atoms with van der Waals surface area (Å²) in [6.45, 7) is 4.05. The topological polar surface area (TPSA) is 59.6 Å². The molecule has 0 saturated heterocycles. The summed E-state index contributed by atoms with van der Waals surface area (Å²) >= 11 is 0. The molecule has 1 rings (SSSR count). The lowest BCUT2D eigenvalue weighted by Gasteiger charge is -2.09. The van der Waals surface area contributed by atoms with Gasteiger partial charge in [0, 0.05) is 20.2 Å². The van der Waals surface area contributed by atoms with Gasteiger partial charge in [0.25, 0.3) is 0 Å². The van der Waals surface area contributed by atoms with Gasteiger partial charge >= 0.3 is 0 Å². The van der Waals surface area contributed by atoms with Gasteiger partial charge in [-0.25, -0.2) is 0 Å². The molecule has 1 aromatic rings. The molecule has 19 heavy (non-hydrogen) atoms. The minimum atomic E-state index is -0.0318. The number of aryl methyl sites for hydroxylation is 1. The van der Waals surface area contributed by atoms with Gasteiger partial charge in [-0.05, 0) is 24.1 Å². The average molecular weight is 266 g/mol. The fourth-order valence-electron chi connectivity index (χ4n) is 1.61. The number of carbonyl (C=O) groups is 1. The quantitative estimate of drug-likeness (QED) is 0.685. The number of ether oxygens (including phenoxy) is 2. The van der Waals surface area contributed by atoms with Crippen molar-refractivity contribution in [2.24, 2.45) is 0 Å². The number of rotatable bonds is 8. The van der Waals surface area contributed by atoms with Crippen molar-refractivity contribution >= 4 is 5.91 Å². The molecule has 0 aliphatic heterocycles. The van der Waals surface area contributed by atoms with Crippen LogP contribution in [0.4, 0.5) is 0 Å². The molecule has 5 heteroatoms. The summed E-state index contributed by atoms with van der Waals surface area (Å²) in [5.41, 5.74) is 2.10. The summed E-state index contributed by atoms with van der Waals surface area (Å²) in [4.78, 5) is 11.6. The van der Waals surface area contributed by atoms with E-state index in [4.69, 9.17) is 9.47 Å². The fraction of sp³-hybridized carbons (Fsp3) is 0.500. The van der Waals surface area contributed by atoms with E-state index in [2.05, 4.69) is 10.6 Å². The van der Waals surface area contributed by atoms with Crippen LogP contribution in [0.3, 0.4) is 0 Å². The molecule has 0 aromatic heterocycles. The Bertz CT molecular complexity index is 408. The lowest BCUT2D eigenvalue weighted by Crippen LogP contribution is -2.34. The molecule has 0 heterocycles. The van der Waals surface area contributed by atoms with Crippen LogP contribution < -0.4 is 15.4 Å². The number of amides is 1. The Morgan fingerprint density at radius 1 is 1.32 bits per heavy atom. The van der Waals surface area contributed by atoms with E-state index in [0.29, 0.717) is 26.2 Å². The van der Waals surface area contributed by atoms with Crippen LogP contribution in [-0.2, 0) is 16.1 Å². The van der Waals surface area contributed by atoms with Gasteiger partial charge in [-0.3, -0.25) is 4.79 Å². The van der Waals surface area contributed by atoms with Crippen LogP contribution in [0.2, 0.25) is 0 Å². The van der Waals surface area contributed by atoms with Crippen LogP contribution in [0.1, 0.15) is 11.1 Å². The lowest BCUT2D eigenvalue weighted by atomic mass is 10.1. The van der Waals surface area contributed by atoms with Gasteiger partial charge in [0.2, 0.25) is 5.91 Å². The minimum absolute atomic E-state index is 0.0318. The molecule has 0 atom stereocenters. The second kappa shape index (κ2) is 8.50. The molecule has 0 fully saturated rings. The zero-order valence-corrected chi connectivity index (χ0v) is 11.8. The summed E-state index contributed by atoms with van der Waals surface area (Å²) in [5.74, 6) is 0.806. The van der Waals surface area contributed by atoms with Crippen molar-refractivity contribution in [3.05, 3.63) is 29.3 Å². The monoisotopic (exact) mass is 266 g/mol. The summed E-state index contributed by atoms with van der Waals surface area (Å²) in [7, 11) is 3.27. The predicted octanol–water partition coefficient (Wildman–Crippen LogP) is 0.856. The van der Waals surface area contributed by atoms with Crippen molar-refractivity contribution in [3.8, 4) is 5.75 Å².